The van der Waals surface area contributed by atoms with Crippen molar-refractivity contribution in [2.24, 2.45) is 5.73 Å². The fourth-order valence-corrected chi connectivity index (χ4v) is 1.93. The third kappa shape index (κ3) is 2.10. The van der Waals surface area contributed by atoms with Crippen molar-refractivity contribution >= 4 is 17.8 Å². The van der Waals surface area contributed by atoms with Gasteiger partial charge in [-0.3, -0.25) is 0 Å². The lowest BCUT2D eigenvalue weighted by molar-refractivity contribution is 0.216. The quantitative estimate of drug-likeness (QED) is 0.571. The Kier molecular flexibility index (Phi) is 2.86. The largest absolute Gasteiger partial charge is 0.351 e. The molecule has 0 bridgehead atoms. The van der Waals surface area contributed by atoms with E-state index >= 15 is 0 Å². The van der Waals surface area contributed by atoms with E-state index in [0.29, 0.717) is 0 Å². The van der Waals surface area contributed by atoms with Crippen LogP contribution in [0.15, 0.2) is 0 Å². The summed E-state index contributed by atoms with van der Waals surface area (Å²) < 4.78 is 0. The average Bonchev–Trinajstić information content (AvgIpc) is 2.12. The molecular weight excluding hydrogens is 148 g/mol. The van der Waals surface area contributed by atoms with Crippen LogP contribution in [0.1, 0.15) is 12.8 Å². The Labute approximate surface area is 64.9 Å². The topological polar surface area (TPSA) is 46.3 Å². The molecule has 1 aliphatic rings. The molecule has 0 radical (unpaired) electrons. The van der Waals surface area contributed by atoms with Crippen molar-refractivity contribution in [3.05, 3.63) is 0 Å². The molecule has 0 unspecified atom stereocenters. The predicted octanol–water partition coefficient (Wildman–Crippen LogP) is 0.852. The van der Waals surface area contributed by atoms with Crippen molar-refractivity contribution in [1.29, 1.82) is 0 Å². The van der Waals surface area contributed by atoms with Crippen molar-refractivity contribution in [2.45, 2.75) is 12.8 Å². The Morgan fingerprint density at radius 1 is 1.50 bits per heavy atom. The van der Waals surface area contributed by atoms with Crippen LogP contribution in [0.2, 0.25) is 0 Å². The van der Waals surface area contributed by atoms with E-state index in [1.165, 1.54) is 6.42 Å². The van der Waals surface area contributed by atoms with Crippen LogP contribution >= 0.6 is 11.8 Å². The highest BCUT2D eigenvalue weighted by atomic mass is 32.2. The number of primary amides is 1. The van der Waals surface area contributed by atoms with Gasteiger partial charge in [0.15, 0.2) is 0 Å². The normalized spacial score (nSPS) is 20.2. The molecule has 1 rings (SSSR count). The van der Waals surface area contributed by atoms with E-state index in [4.69, 9.17) is 5.73 Å². The summed E-state index contributed by atoms with van der Waals surface area (Å²) in [6.07, 6.45) is 2.30. The molecule has 0 aliphatic carbocycles. The summed E-state index contributed by atoms with van der Waals surface area (Å²) in [4.78, 5) is 12.3. The molecule has 4 heteroatoms. The van der Waals surface area contributed by atoms with Crippen LogP contribution < -0.4 is 5.73 Å². The van der Waals surface area contributed by atoms with Crippen LogP contribution in [0.5, 0.6) is 0 Å². The highest BCUT2D eigenvalue weighted by Gasteiger charge is 2.11. The monoisotopic (exact) mass is 160 g/mol. The minimum atomic E-state index is -0.283. The summed E-state index contributed by atoms with van der Waals surface area (Å²) >= 11 is 1.78. The Balaban J connectivity index is 2.35. The fraction of sp³-hybridized carbons (Fsp3) is 0.833. The SMILES string of the molecule is NC(=O)N1CCCCSC1. The van der Waals surface area contributed by atoms with Crippen LogP contribution in [0.3, 0.4) is 0 Å². The first-order valence-electron chi connectivity index (χ1n) is 3.43. The van der Waals surface area contributed by atoms with Gasteiger partial charge in [0.25, 0.3) is 0 Å². The van der Waals surface area contributed by atoms with E-state index < -0.39 is 0 Å². The Morgan fingerprint density at radius 3 is 3.00 bits per heavy atom. The van der Waals surface area contributed by atoms with Gasteiger partial charge in [-0.1, -0.05) is 0 Å². The first kappa shape index (κ1) is 7.72. The lowest BCUT2D eigenvalue weighted by Gasteiger charge is -2.15. The molecule has 3 nitrogen and oxygen atoms in total. The van der Waals surface area contributed by atoms with Gasteiger partial charge < -0.3 is 10.6 Å². The second kappa shape index (κ2) is 3.71. The van der Waals surface area contributed by atoms with Crippen LogP contribution in [0, 0.1) is 0 Å². The van der Waals surface area contributed by atoms with E-state index in [9.17, 15) is 4.79 Å². The van der Waals surface area contributed by atoms with Crippen molar-refractivity contribution in [2.75, 3.05) is 18.2 Å². The van der Waals surface area contributed by atoms with Crippen LogP contribution in [-0.4, -0.2) is 29.1 Å². The first-order chi connectivity index (χ1) is 4.80. The number of urea groups is 1. The van der Waals surface area contributed by atoms with Crippen LogP contribution in [0.4, 0.5) is 4.79 Å². The van der Waals surface area contributed by atoms with Gasteiger partial charge in [-0.2, -0.15) is 0 Å². The zero-order chi connectivity index (χ0) is 7.40. The van der Waals surface area contributed by atoms with Crippen molar-refractivity contribution in [3.63, 3.8) is 0 Å². The maximum atomic E-state index is 10.6. The van der Waals surface area contributed by atoms with Gasteiger partial charge in [-0.05, 0) is 18.6 Å². The maximum Gasteiger partial charge on any atom is 0.315 e. The number of amides is 2. The van der Waals surface area contributed by atoms with Crippen LogP contribution in [-0.2, 0) is 0 Å². The third-order valence-corrected chi connectivity index (χ3v) is 2.60. The lowest BCUT2D eigenvalue weighted by atomic mass is 10.3. The summed E-state index contributed by atoms with van der Waals surface area (Å²) in [6.45, 7) is 0.836. The van der Waals surface area contributed by atoms with Gasteiger partial charge in [0.1, 0.15) is 0 Å². The summed E-state index contributed by atoms with van der Waals surface area (Å²) in [6, 6.07) is -0.283. The van der Waals surface area contributed by atoms with E-state index in [1.54, 1.807) is 16.7 Å². The number of nitrogens with two attached hydrogens (primary N) is 1. The molecule has 1 aliphatic heterocycles. The number of hydrogen-bond acceptors (Lipinski definition) is 2. The average molecular weight is 160 g/mol. The maximum absolute atomic E-state index is 10.6. The molecule has 10 heavy (non-hydrogen) atoms. The third-order valence-electron chi connectivity index (χ3n) is 1.53. The Morgan fingerprint density at radius 2 is 2.30 bits per heavy atom. The summed E-state index contributed by atoms with van der Waals surface area (Å²) in [5, 5.41) is 0. The van der Waals surface area contributed by atoms with E-state index in [2.05, 4.69) is 0 Å². The van der Waals surface area contributed by atoms with Gasteiger partial charge in [0.05, 0.1) is 5.88 Å². The zero-order valence-electron chi connectivity index (χ0n) is 5.88. The minimum Gasteiger partial charge on any atom is -0.351 e. The molecule has 2 N–H and O–H groups in total. The highest BCUT2D eigenvalue weighted by Crippen LogP contribution is 2.12. The number of hydrogen-bond donors (Lipinski definition) is 1. The molecular formula is C6H12N2OS. The highest BCUT2D eigenvalue weighted by molar-refractivity contribution is 7.99. The second-order valence-corrected chi connectivity index (χ2v) is 3.42. The molecule has 0 aromatic rings. The van der Waals surface area contributed by atoms with Gasteiger partial charge in [-0.25, -0.2) is 4.79 Å². The number of carbonyl (C=O) groups is 1. The molecule has 1 fully saturated rings. The zero-order valence-corrected chi connectivity index (χ0v) is 6.69. The number of carbonyl (C=O) groups excluding carboxylic acids is 1. The smallest absolute Gasteiger partial charge is 0.315 e. The van der Waals surface area contributed by atoms with E-state index in [0.717, 1.165) is 24.6 Å². The molecule has 0 saturated carbocycles. The van der Waals surface area contributed by atoms with E-state index in [1.807, 2.05) is 0 Å². The van der Waals surface area contributed by atoms with Gasteiger partial charge in [0, 0.05) is 6.54 Å². The molecule has 0 spiro atoms. The Hall–Kier alpha value is -0.380. The van der Waals surface area contributed by atoms with Crippen LogP contribution in [0.25, 0.3) is 0 Å². The second-order valence-electron chi connectivity index (χ2n) is 2.35. The van der Waals surface area contributed by atoms with Crippen molar-refractivity contribution < 1.29 is 4.79 Å². The van der Waals surface area contributed by atoms with Gasteiger partial charge in [-0.15, -0.1) is 11.8 Å². The molecule has 2 amide bonds. The van der Waals surface area contributed by atoms with Gasteiger partial charge in [0.2, 0.25) is 0 Å². The molecule has 0 aromatic carbocycles. The van der Waals surface area contributed by atoms with Gasteiger partial charge >= 0.3 is 6.03 Å². The first-order valence-corrected chi connectivity index (χ1v) is 4.58. The summed E-state index contributed by atoms with van der Waals surface area (Å²) in [5.41, 5.74) is 5.11. The number of thioether (sulfide) groups is 1. The standard InChI is InChI=1S/C6H12N2OS/c7-6(9)8-3-1-2-4-10-5-8/h1-5H2,(H2,7,9). The molecule has 1 saturated heterocycles. The fourth-order valence-electron chi connectivity index (χ4n) is 0.920. The molecule has 58 valence electrons. The summed E-state index contributed by atoms with van der Waals surface area (Å²) in [7, 11) is 0. The lowest BCUT2D eigenvalue weighted by Crippen LogP contribution is -2.35. The minimum absolute atomic E-state index is 0.283. The van der Waals surface area contributed by atoms with Crippen molar-refractivity contribution in [3.8, 4) is 0 Å². The van der Waals surface area contributed by atoms with Crippen molar-refractivity contribution in [1.82, 2.24) is 4.90 Å². The predicted molar refractivity (Wildman–Crippen MR) is 42.8 cm³/mol. The molecule has 1 heterocycles. The Bertz CT molecular complexity index is 121. The molecule has 0 aromatic heterocycles. The van der Waals surface area contributed by atoms with E-state index in [-0.39, 0.29) is 6.03 Å². The number of nitrogens with zero attached hydrogens (tertiary/aromatic N) is 1. The number of rotatable bonds is 0. The summed E-state index contributed by atoms with van der Waals surface area (Å²) in [5.74, 6) is 1.93. The molecule has 0 atom stereocenters.